The van der Waals surface area contributed by atoms with E-state index in [0.29, 0.717) is 27.9 Å². The molecule has 3 aromatic rings. The maximum Gasteiger partial charge on any atom is 0.311 e. The molecule has 0 saturated carbocycles. The fourth-order valence-corrected chi connectivity index (χ4v) is 4.30. The smallest absolute Gasteiger partial charge is 0.311 e. The van der Waals surface area contributed by atoms with Gasteiger partial charge in [-0.2, -0.15) is 0 Å². The van der Waals surface area contributed by atoms with Crippen LogP contribution in [0, 0.1) is 13.8 Å². The van der Waals surface area contributed by atoms with Gasteiger partial charge in [-0.3, -0.25) is 4.79 Å². The molecule has 152 valence electrons. The number of aromatic nitrogens is 1. The number of aryl methyl sites for hydroxylation is 1. The van der Waals surface area contributed by atoms with Crippen molar-refractivity contribution in [2.75, 3.05) is 0 Å². The predicted octanol–water partition coefficient (Wildman–Crippen LogP) is 6.20. The second-order valence-electron chi connectivity index (χ2n) is 7.36. The largest absolute Gasteiger partial charge is 0.506 e. The molecule has 2 N–H and O–H groups in total. The summed E-state index contributed by atoms with van der Waals surface area (Å²) in [5.74, 6) is -1.63. The first-order valence-electron chi connectivity index (χ1n) is 9.63. The van der Waals surface area contributed by atoms with Crippen molar-refractivity contribution in [2.24, 2.45) is 0 Å². The van der Waals surface area contributed by atoms with Crippen LogP contribution in [-0.4, -0.2) is 25.7 Å². The molecule has 0 spiro atoms. The Morgan fingerprint density at radius 3 is 2.45 bits per heavy atom. The number of phenols is 1. The summed E-state index contributed by atoms with van der Waals surface area (Å²) in [5.41, 5.74) is 4.14. The summed E-state index contributed by atoms with van der Waals surface area (Å²) in [6.45, 7) is 5.92. The minimum atomic E-state index is -0.878. The van der Waals surface area contributed by atoms with E-state index in [9.17, 15) is 15.0 Å². The second-order valence-corrected chi connectivity index (χ2v) is 8.15. The Labute approximate surface area is 180 Å². The van der Waals surface area contributed by atoms with E-state index >= 15 is 0 Å². The van der Waals surface area contributed by atoms with Gasteiger partial charge in [-0.1, -0.05) is 73.4 Å². The number of carboxylic acid groups (broad SMARTS) is 1. The quantitative estimate of drug-likeness (QED) is 0.458. The van der Waals surface area contributed by atoms with Gasteiger partial charge in [-0.15, -0.1) is 0 Å². The topological polar surface area (TPSA) is 62.5 Å². The molecule has 2 aromatic carbocycles. The van der Waals surface area contributed by atoms with Crippen LogP contribution in [0.2, 0.25) is 5.02 Å². The first-order chi connectivity index (χ1) is 13.8. The van der Waals surface area contributed by atoms with E-state index in [-0.39, 0.29) is 10.8 Å². The SMILES string of the molecule is CCCCC(C(=O)O)c1c(C)n(C(=S)c2ccc(C)cc2)c2cc(Cl)c(O)cc12. The zero-order valence-corrected chi connectivity index (χ0v) is 18.3. The number of nitrogens with zero attached hydrogens (tertiary/aromatic N) is 1. The number of aromatic hydroxyl groups is 1. The molecule has 0 bridgehead atoms. The standard InChI is InChI=1S/C23H24ClNO3S/c1-4-5-6-16(23(27)28)21-14(3)25(19-12-18(24)20(26)11-17(19)21)22(29)15-9-7-13(2)8-10-15/h7-12,16,26H,4-6H2,1-3H3,(H,27,28). The lowest BCUT2D eigenvalue weighted by atomic mass is 9.91. The molecule has 0 saturated heterocycles. The van der Waals surface area contributed by atoms with Crippen molar-refractivity contribution in [1.82, 2.24) is 4.57 Å². The van der Waals surface area contributed by atoms with Crippen molar-refractivity contribution < 1.29 is 15.0 Å². The third kappa shape index (κ3) is 4.02. The van der Waals surface area contributed by atoms with Crippen molar-refractivity contribution in [1.29, 1.82) is 0 Å². The molecule has 1 atom stereocenters. The number of hydrogen-bond donors (Lipinski definition) is 2. The molecule has 0 amide bonds. The van der Waals surface area contributed by atoms with Crippen molar-refractivity contribution in [3.8, 4) is 5.75 Å². The number of phenolic OH excluding ortho intramolecular Hbond substituents is 1. The molecule has 6 heteroatoms. The van der Waals surface area contributed by atoms with Crippen LogP contribution in [0.25, 0.3) is 10.9 Å². The van der Waals surface area contributed by atoms with E-state index < -0.39 is 11.9 Å². The van der Waals surface area contributed by atoms with E-state index in [1.165, 1.54) is 0 Å². The van der Waals surface area contributed by atoms with Crippen LogP contribution < -0.4 is 0 Å². The van der Waals surface area contributed by atoms with Crippen molar-refractivity contribution in [3.63, 3.8) is 0 Å². The third-order valence-corrected chi connectivity index (χ3v) is 6.04. The number of aliphatic carboxylic acids is 1. The zero-order valence-electron chi connectivity index (χ0n) is 16.7. The van der Waals surface area contributed by atoms with E-state index in [2.05, 4.69) is 0 Å². The number of halogens is 1. The minimum Gasteiger partial charge on any atom is -0.506 e. The summed E-state index contributed by atoms with van der Waals surface area (Å²) in [6, 6.07) is 11.1. The summed E-state index contributed by atoms with van der Waals surface area (Å²) >= 11 is 12.0. The van der Waals surface area contributed by atoms with Gasteiger partial charge in [0.05, 0.1) is 16.5 Å². The van der Waals surface area contributed by atoms with Crippen molar-refractivity contribution in [2.45, 2.75) is 46.0 Å². The Morgan fingerprint density at radius 2 is 1.86 bits per heavy atom. The molecular weight excluding hydrogens is 406 g/mol. The highest BCUT2D eigenvalue weighted by atomic mass is 35.5. The molecule has 0 fully saturated rings. The summed E-state index contributed by atoms with van der Waals surface area (Å²) < 4.78 is 1.87. The van der Waals surface area contributed by atoms with Gasteiger partial charge < -0.3 is 14.8 Å². The molecule has 0 aliphatic rings. The molecule has 3 rings (SSSR count). The fraction of sp³-hybridized carbons (Fsp3) is 0.304. The fourth-order valence-electron chi connectivity index (χ4n) is 3.77. The number of unbranched alkanes of at least 4 members (excludes halogenated alkanes) is 1. The number of benzene rings is 2. The van der Waals surface area contributed by atoms with Gasteiger partial charge in [0, 0.05) is 16.6 Å². The van der Waals surface area contributed by atoms with Gasteiger partial charge in [-0.25, -0.2) is 0 Å². The van der Waals surface area contributed by atoms with E-state index in [4.69, 9.17) is 23.8 Å². The number of rotatable bonds is 6. The monoisotopic (exact) mass is 429 g/mol. The Kier molecular flexibility index (Phi) is 6.30. The van der Waals surface area contributed by atoms with Gasteiger partial charge in [0.2, 0.25) is 0 Å². The highest BCUT2D eigenvalue weighted by Gasteiger charge is 2.28. The van der Waals surface area contributed by atoms with Gasteiger partial charge in [0.1, 0.15) is 10.7 Å². The average molecular weight is 430 g/mol. The Balaban J connectivity index is 2.29. The number of carboxylic acids is 1. The summed E-state index contributed by atoms with van der Waals surface area (Å²) in [5, 5.41) is 21.0. The molecule has 0 radical (unpaired) electrons. The van der Waals surface area contributed by atoms with Crippen LogP contribution in [0.15, 0.2) is 36.4 Å². The molecular formula is C23H24ClNO3S. The third-order valence-electron chi connectivity index (χ3n) is 5.32. The minimum absolute atomic E-state index is 0.0709. The van der Waals surface area contributed by atoms with Gasteiger partial charge in [0.25, 0.3) is 0 Å². The lowest BCUT2D eigenvalue weighted by Crippen LogP contribution is -2.15. The van der Waals surface area contributed by atoms with Crippen molar-refractivity contribution in [3.05, 3.63) is 63.8 Å². The van der Waals surface area contributed by atoms with Crippen LogP contribution in [0.1, 0.15) is 54.5 Å². The predicted molar refractivity (Wildman–Crippen MR) is 122 cm³/mol. The molecule has 4 nitrogen and oxygen atoms in total. The van der Waals surface area contributed by atoms with Crippen LogP contribution in [0.5, 0.6) is 5.75 Å². The number of thiocarbonyl (C=S) groups is 1. The van der Waals surface area contributed by atoms with Crippen LogP contribution in [0.3, 0.4) is 0 Å². The second kappa shape index (κ2) is 8.56. The van der Waals surface area contributed by atoms with Crippen LogP contribution in [-0.2, 0) is 4.79 Å². The number of carbonyl (C=O) groups is 1. The molecule has 1 heterocycles. The maximum absolute atomic E-state index is 12.1. The lowest BCUT2D eigenvalue weighted by molar-refractivity contribution is -0.139. The molecule has 0 aliphatic carbocycles. The van der Waals surface area contributed by atoms with E-state index in [1.54, 1.807) is 12.1 Å². The van der Waals surface area contributed by atoms with Crippen LogP contribution in [0.4, 0.5) is 0 Å². The Morgan fingerprint density at radius 1 is 1.21 bits per heavy atom. The zero-order chi connectivity index (χ0) is 21.3. The molecule has 29 heavy (non-hydrogen) atoms. The van der Waals surface area contributed by atoms with Gasteiger partial charge in [0.15, 0.2) is 0 Å². The van der Waals surface area contributed by atoms with Gasteiger partial charge in [-0.05, 0) is 38.0 Å². The normalized spacial score (nSPS) is 12.3. The Bertz CT molecular complexity index is 1090. The molecule has 1 unspecified atom stereocenters. The van der Waals surface area contributed by atoms with E-state index in [0.717, 1.165) is 29.7 Å². The van der Waals surface area contributed by atoms with E-state index in [1.807, 2.05) is 49.6 Å². The lowest BCUT2D eigenvalue weighted by Gasteiger charge is -2.14. The average Bonchev–Trinajstić information content (AvgIpc) is 2.94. The van der Waals surface area contributed by atoms with Crippen molar-refractivity contribution >= 4 is 45.7 Å². The number of hydrogen-bond acceptors (Lipinski definition) is 3. The summed E-state index contributed by atoms with van der Waals surface area (Å²) in [4.78, 5) is 12.7. The van der Waals surface area contributed by atoms with Gasteiger partial charge >= 0.3 is 5.97 Å². The summed E-state index contributed by atoms with van der Waals surface area (Å²) in [6.07, 6.45) is 2.22. The maximum atomic E-state index is 12.1. The first-order valence-corrected chi connectivity index (χ1v) is 10.4. The first kappa shape index (κ1) is 21.3. The Hall–Kier alpha value is -2.37. The van der Waals surface area contributed by atoms with Crippen LogP contribution >= 0.6 is 23.8 Å². The molecule has 0 aliphatic heterocycles. The molecule has 1 aromatic heterocycles. The summed E-state index contributed by atoms with van der Waals surface area (Å²) in [7, 11) is 0. The highest BCUT2D eigenvalue weighted by Crippen LogP contribution is 2.39. The number of fused-ring (bicyclic) bond motifs is 1. The highest BCUT2D eigenvalue weighted by molar-refractivity contribution is 7.80.